The maximum Gasteiger partial charge on any atom is 1.00 e. The van der Waals surface area contributed by atoms with Crippen LogP contribution in [-0.2, 0) is 17.1 Å². The van der Waals surface area contributed by atoms with Crippen molar-refractivity contribution in [3.05, 3.63) is 0 Å². The summed E-state index contributed by atoms with van der Waals surface area (Å²) in [6.45, 7) is 7.01. The fourth-order valence-electron chi connectivity index (χ4n) is 1.91. The summed E-state index contributed by atoms with van der Waals surface area (Å²) in [6, 6.07) is 0. The Morgan fingerprint density at radius 2 is 1.00 bits per heavy atom. The van der Waals surface area contributed by atoms with Gasteiger partial charge in [-0.05, 0) is 0 Å². The minimum absolute atomic E-state index is 0. The van der Waals surface area contributed by atoms with Crippen LogP contribution in [0.3, 0.4) is 0 Å². The number of hydrogen-bond acceptors (Lipinski definition) is 0. The molecule has 0 bridgehead atoms. The number of unbranched alkanes of at least 4 members (excludes halogenated alkanes) is 3. The normalized spacial score (nSPS) is 9.60. The second kappa shape index (κ2) is 18.3. The molecule has 0 aliphatic carbocycles. The molecule has 0 N–H and O–H groups in total. The summed E-state index contributed by atoms with van der Waals surface area (Å²) < 4.78 is 5.08. The molecule has 0 nitrogen and oxygen atoms in total. The second-order valence-electron chi connectivity index (χ2n) is 4.29. The topological polar surface area (TPSA) is 0 Å². The number of hydrogen-bond donors (Lipinski definition) is 0. The molecule has 0 spiro atoms. The van der Waals surface area contributed by atoms with Crippen LogP contribution >= 0.6 is 0 Å². The van der Waals surface area contributed by atoms with Crippen molar-refractivity contribution in [1.82, 2.24) is 0 Å². The van der Waals surface area contributed by atoms with Gasteiger partial charge >= 0.3 is 111 Å². The Bertz CT molecular complexity index is 88.0. The first-order valence-electron chi connectivity index (χ1n) is 6.35. The average Bonchev–Trinajstić information content (AvgIpc) is 2.17. The molecule has 0 saturated heterocycles. The molecule has 0 unspecified atom stereocenters. The predicted molar refractivity (Wildman–Crippen MR) is 67.4 cm³/mol. The number of rotatable bonds is 9. The third-order valence-electron chi connectivity index (χ3n) is 2.90. The van der Waals surface area contributed by atoms with Gasteiger partial charge in [-0.1, -0.05) is 0 Å². The van der Waals surface area contributed by atoms with E-state index in [1.807, 2.05) is 0 Å². The first kappa shape index (κ1) is 22.1. The molecule has 0 fully saturated rings. The molecule has 93 valence electrons. The molecule has 1 radical (unpaired) electrons. The van der Waals surface area contributed by atoms with Gasteiger partial charge in [0, 0.05) is 17.1 Å². The maximum absolute atomic E-state index is 2.34. The minimum atomic E-state index is -0.967. The van der Waals surface area contributed by atoms with Gasteiger partial charge in [-0.3, -0.25) is 0 Å². The van der Waals surface area contributed by atoms with Gasteiger partial charge in [0.15, 0.2) is 0 Å². The Labute approximate surface area is 129 Å². The van der Waals surface area contributed by atoms with Gasteiger partial charge in [-0.25, -0.2) is 0 Å². The van der Waals surface area contributed by atoms with Crippen LogP contribution in [0.2, 0.25) is 13.3 Å². The summed E-state index contributed by atoms with van der Waals surface area (Å²) in [6.07, 6.45) is 8.87. The van der Waals surface area contributed by atoms with Gasteiger partial charge in [0.25, 0.3) is 0 Å². The van der Waals surface area contributed by atoms with Crippen LogP contribution in [0, 0.1) is 0 Å². The van der Waals surface area contributed by atoms with Gasteiger partial charge in [0.1, 0.15) is 0 Å². The molecule has 0 heterocycles. The molecule has 0 aromatic carbocycles. The molecule has 0 rings (SSSR count). The molecule has 0 aromatic heterocycles. The van der Waals surface area contributed by atoms with E-state index in [4.69, 9.17) is 0 Å². The Morgan fingerprint density at radius 1 is 0.733 bits per heavy atom. The Hall–Kier alpha value is 1.92. The van der Waals surface area contributed by atoms with Crippen LogP contribution < -0.4 is 18.9 Å². The SMILES string of the molecule is CCC[CH2][SnH]([CH2]CCC)[CH2]CCC.[Cu].[H-].[Li+]. The molecule has 0 aromatic rings. The summed E-state index contributed by atoms with van der Waals surface area (Å²) >= 11 is -0.967. The van der Waals surface area contributed by atoms with E-state index in [1.165, 1.54) is 38.5 Å². The van der Waals surface area contributed by atoms with Crippen LogP contribution in [0.15, 0.2) is 0 Å². The molecule has 0 amide bonds. The first-order chi connectivity index (χ1) is 6.35. The van der Waals surface area contributed by atoms with Crippen molar-refractivity contribution in [3.63, 3.8) is 0 Å². The van der Waals surface area contributed by atoms with Crippen molar-refractivity contribution >= 4 is 19.8 Å². The third-order valence-corrected chi connectivity index (χ3v) is 13.4. The van der Waals surface area contributed by atoms with Crippen LogP contribution in [0.25, 0.3) is 0 Å². The van der Waals surface area contributed by atoms with Crippen molar-refractivity contribution in [2.24, 2.45) is 0 Å². The molecular weight excluding hydrogens is 333 g/mol. The van der Waals surface area contributed by atoms with Crippen molar-refractivity contribution in [3.8, 4) is 0 Å². The maximum atomic E-state index is 2.34. The second-order valence-corrected chi connectivity index (χ2v) is 14.2. The van der Waals surface area contributed by atoms with Crippen molar-refractivity contribution in [1.29, 1.82) is 0 Å². The van der Waals surface area contributed by atoms with E-state index in [-0.39, 0.29) is 37.4 Å². The van der Waals surface area contributed by atoms with Gasteiger partial charge < -0.3 is 1.43 Å². The van der Waals surface area contributed by atoms with Gasteiger partial charge in [-0.2, -0.15) is 0 Å². The average molecular weight is 363 g/mol. The van der Waals surface area contributed by atoms with E-state index in [0.717, 1.165) is 0 Å². The zero-order valence-electron chi connectivity index (χ0n) is 12.2. The minimum Gasteiger partial charge on any atom is -1.00 e. The van der Waals surface area contributed by atoms with Crippen molar-refractivity contribution in [2.45, 2.75) is 72.6 Å². The molecule has 0 aliphatic heterocycles. The summed E-state index contributed by atoms with van der Waals surface area (Å²) in [4.78, 5) is 0. The quantitative estimate of drug-likeness (QED) is 0.548. The first-order valence-corrected chi connectivity index (χ1v) is 13.3. The molecule has 15 heavy (non-hydrogen) atoms. The predicted octanol–water partition coefficient (Wildman–Crippen LogP) is 1.73. The largest absolute Gasteiger partial charge is 1.00 e. The summed E-state index contributed by atoms with van der Waals surface area (Å²) in [5.41, 5.74) is 0. The molecule has 0 saturated carbocycles. The van der Waals surface area contributed by atoms with E-state index < -0.39 is 19.8 Å². The van der Waals surface area contributed by atoms with Crippen LogP contribution in [0.1, 0.15) is 60.7 Å². The smallest absolute Gasteiger partial charge is 1.00 e. The van der Waals surface area contributed by atoms with E-state index in [0.29, 0.717) is 0 Å². The van der Waals surface area contributed by atoms with Crippen molar-refractivity contribution < 1.29 is 37.4 Å². The van der Waals surface area contributed by atoms with Crippen LogP contribution in [0.4, 0.5) is 0 Å². The van der Waals surface area contributed by atoms with E-state index in [9.17, 15) is 0 Å². The van der Waals surface area contributed by atoms with Crippen LogP contribution in [0.5, 0.6) is 0 Å². The Kier molecular flexibility index (Phi) is 27.0. The summed E-state index contributed by atoms with van der Waals surface area (Å²) in [5.74, 6) is 0. The standard InChI is InChI=1S/3C4H9.Cu.Li.Sn.2H/c3*1-3-4-2;;;;;/h3*1,3-4H2,2H3;;;;;/q;;;;+1;;;-1. The summed E-state index contributed by atoms with van der Waals surface area (Å²) in [5, 5.41) is 0. The molecule has 0 atom stereocenters. The Balaban J connectivity index is -0.000000240. The zero-order valence-corrected chi connectivity index (χ0v) is 15.5. The van der Waals surface area contributed by atoms with E-state index in [1.54, 1.807) is 13.3 Å². The Morgan fingerprint density at radius 3 is 1.20 bits per heavy atom. The molecule has 0 aliphatic rings. The fourth-order valence-corrected chi connectivity index (χ4v) is 12.8. The van der Waals surface area contributed by atoms with Gasteiger partial charge in [0.2, 0.25) is 0 Å². The summed E-state index contributed by atoms with van der Waals surface area (Å²) in [7, 11) is 0. The third kappa shape index (κ3) is 15.9. The van der Waals surface area contributed by atoms with E-state index in [2.05, 4.69) is 20.8 Å². The monoisotopic (exact) mass is 363 g/mol. The van der Waals surface area contributed by atoms with E-state index >= 15 is 0 Å². The van der Waals surface area contributed by atoms with Crippen LogP contribution in [-0.4, -0.2) is 19.8 Å². The zero-order chi connectivity index (χ0) is 9.94. The van der Waals surface area contributed by atoms with Crippen molar-refractivity contribution in [2.75, 3.05) is 0 Å². The molecular formula is C12H29CuLiSn. The van der Waals surface area contributed by atoms with Gasteiger partial charge in [0.05, 0.1) is 0 Å². The fraction of sp³-hybridized carbons (Fsp3) is 1.00. The van der Waals surface area contributed by atoms with Gasteiger partial charge in [-0.15, -0.1) is 0 Å². The molecule has 3 heteroatoms.